The molecule has 0 saturated carbocycles. The molecule has 1 heterocycles. The lowest BCUT2D eigenvalue weighted by Gasteiger charge is -2.31. The first-order chi connectivity index (χ1) is 13.2. The number of hydrogen-bond donors (Lipinski definition) is 0. The van der Waals surface area contributed by atoms with Crippen LogP contribution in [0.1, 0.15) is 0 Å². The van der Waals surface area contributed by atoms with E-state index in [-0.39, 0.29) is 0 Å². The van der Waals surface area contributed by atoms with Crippen LogP contribution in [0.3, 0.4) is 0 Å². The molecule has 0 fully saturated rings. The van der Waals surface area contributed by atoms with Crippen molar-refractivity contribution in [2.24, 2.45) is 0 Å². The van der Waals surface area contributed by atoms with Crippen LogP contribution in [-0.4, -0.2) is 8.07 Å². The van der Waals surface area contributed by atoms with Crippen molar-refractivity contribution in [3.05, 3.63) is 107 Å². The van der Waals surface area contributed by atoms with Crippen molar-refractivity contribution in [3.8, 4) is 11.1 Å². The van der Waals surface area contributed by atoms with E-state index in [9.17, 15) is 0 Å². The average molecular weight is 448 g/mol. The van der Waals surface area contributed by atoms with Crippen LogP contribution in [0.4, 0.5) is 0 Å². The molecule has 0 unspecified atom stereocenters. The largest absolute Gasteiger partial charge is 0.180 e. The summed E-state index contributed by atoms with van der Waals surface area (Å²) >= 11 is 10.5. The Kier molecular flexibility index (Phi) is 4.08. The van der Waals surface area contributed by atoms with Crippen LogP contribution < -0.4 is 20.7 Å². The second-order valence-corrected chi connectivity index (χ2v) is 11.9. The normalized spacial score (nSPS) is 13.9. The molecule has 4 aromatic carbocycles. The van der Waals surface area contributed by atoms with Gasteiger partial charge in [-0.15, -0.1) is 0 Å². The van der Waals surface area contributed by atoms with Gasteiger partial charge in [0.2, 0.25) is 0 Å². The van der Waals surface area contributed by atoms with Crippen molar-refractivity contribution in [2.75, 3.05) is 0 Å². The first kappa shape index (κ1) is 17.0. The van der Waals surface area contributed by atoms with Gasteiger partial charge in [-0.25, -0.2) is 0 Å². The molecule has 4 aromatic rings. The van der Waals surface area contributed by atoms with Gasteiger partial charge in [0, 0.05) is 15.1 Å². The Morgan fingerprint density at radius 3 is 1.81 bits per heavy atom. The molecule has 27 heavy (non-hydrogen) atoms. The number of hydrogen-bond acceptors (Lipinski definition) is 0. The minimum atomic E-state index is -2.40. The van der Waals surface area contributed by atoms with E-state index in [1.807, 2.05) is 6.07 Å². The number of halogens is 2. The highest BCUT2D eigenvalue weighted by atomic mass is 79.9. The molecule has 0 radical (unpaired) electrons. The van der Waals surface area contributed by atoms with Crippen LogP contribution >= 0.6 is 27.5 Å². The van der Waals surface area contributed by atoms with Gasteiger partial charge in [0.05, 0.1) is 0 Å². The summed E-state index contributed by atoms with van der Waals surface area (Å²) in [5.74, 6) is 0. The van der Waals surface area contributed by atoms with Crippen LogP contribution in [-0.2, 0) is 0 Å². The fourth-order valence-corrected chi connectivity index (χ4v) is 10.9. The van der Waals surface area contributed by atoms with E-state index in [1.54, 1.807) is 0 Å². The highest BCUT2D eigenvalue weighted by Gasteiger charge is 2.49. The first-order valence-electron chi connectivity index (χ1n) is 8.93. The van der Waals surface area contributed by atoms with E-state index < -0.39 is 8.07 Å². The van der Waals surface area contributed by atoms with Gasteiger partial charge in [0.25, 0.3) is 0 Å². The summed E-state index contributed by atoms with van der Waals surface area (Å²) in [6.07, 6.45) is 0. The molecule has 0 bridgehead atoms. The van der Waals surface area contributed by atoms with Crippen molar-refractivity contribution in [2.45, 2.75) is 0 Å². The summed E-state index contributed by atoms with van der Waals surface area (Å²) in [7, 11) is -2.40. The van der Waals surface area contributed by atoms with E-state index in [2.05, 4.69) is 107 Å². The highest BCUT2D eigenvalue weighted by molar-refractivity contribution is 9.10. The lowest BCUT2D eigenvalue weighted by atomic mass is 10.1. The maximum absolute atomic E-state index is 6.80. The Morgan fingerprint density at radius 2 is 1.19 bits per heavy atom. The summed E-state index contributed by atoms with van der Waals surface area (Å²) < 4.78 is 1.03. The SMILES string of the molecule is Clc1cc(Br)cc2c1-c1ccccc1[Si]2(c1ccccc1)c1ccccc1. The number of fused-ring (bicyclic) bond motifs is 3. The molecule has 0 atom stereocenters. The molecule has 0 aromatic heterocycles. The summed E-state index contributed by atoms with van der Waals surface area (Å²) in [6.45, 7) is 0. The molecular formula is C24H16BrClSi. The van der Waals surface area contributed by atoms with Crippen molar-refractivity contribution >= 4 is 56.4 Å². The zero-order chi connectivity index (χ0) is 18.4. The van der Waals surface area contributed by atoms with Gasteiger partial charge >= 0.3 is 0 Å². The van der Waals surface area contributed by atoms with E-state index >= 15 is 0 Å². The fraction of sp³-hybridized carbons (Fsp3) is 0. The Morgan fingerprint density at radius 1 is 0.630 bits per heavy atom. The van der Waals surface area contributed by atoms with Crippen LogP contribution in [0, 0.1) is 0 Å². The maximum Gasteiger partial charge on any atom is 0.180 e. The quantitative estimate of drug-likeness (QED) is 0.351. The molecule has 130 valence electrons. The molecule has 5 rings (SSSR count). The second-order valence-electron chi connectivity index (χ2n) is 6.84. The van der Waals surface area contributed by atoms with Gasteiger partial charge < -0.3 is 0 Å². The van der Waals surface area contributed by atoms with E-state index in [0.717, 1.165) is 9.50 Å². The molecule has 0 amide bonds. The predicted molar refractivity (Wildman–Crippen MR) is 122 cm³/mol. The third-order valence-corrected chi connectivity index (χ3v) is 11.1. The van der Waals surface area contributed by atoms with E-state index in [0.29, 0.717) is 0 Å². The minimum Gasteiger partial charge on any atom is -0.0836 e. The molecule has 0 saturated heterocycles. The van der Waals surface area contributed by atoms with Crippen molar-refractivity contribution in [1.29, 1.82) is 0 Å². The molecule has 0 spiro atoms. The van der Waals surface area contributed by atoms with Crippen LogP contribution in [0.5, 0.6) is 0 Å². The highest BCUT2D eigenvalue weighted by Crippen LogP contribution is 2.35. The monoisotopic (exact) mass is 446 g/mol. The Bertz CT molecular complexity index is 1100. The molecule has 0 aliphatic carbocycles. The first-order valence-corrected chi connectivity index (χ1v) is 12.1. The molecule has 3 heteroatoms. The topological polar surface area (TPSA) is 0 Å². The minimum absolute atomic E-state index is 0.813. The standard InChI is InChI=1S/C24H16BrClSi/c25-17-15-21(26)24-20-13-7-8-14-22(20)27(23(24)16-17,18-9-3-1-4-10-18)19-11-5-2-6-12-19/h1-16H. The Hall–Kier alpha value is -2.13. The van der Waals surface area contributed by atoms with Crippen molar-refractivity contribution < 1.29 is 0 Å². The van der Waals surface area contributed by atoms with E-state index in [4.69, 9.17) is 11.6 Å². The Labute approximate surface area is 173 Å². The molecule has 1 aliphatic heterocycles. The van der Waals surface area contributed by atoms with Crippen molar-refractivity contribution in [1.82, 2.24) is 0 Å². The third-order valence-electron chi connectivity index (χ3n) is 5.47. The maximum atomic E-state index is 6.80. The van der Waals surface area contributed by atoms with Crippen molar-refractivity contribution in [3.63, 3.8) is 0 Å². The zero-order valence-electron chi connectivity index (χ0n) is 14.5. The van der Waals surface area contributed by atoms with Crippen LogP contribution in [0.25, 0.3) is 11.1 Å². The van der Waals surface area contributed by atoms with Crippen LogP contribution in [0.15, 0.2) is 102 Å². The smallest absolute Gasteiger partial charge is 0.0836 e. The van der Waals surface area contributed by atoms with Gasteiger partial charge in [-0.05, 0) is 38.4 Å². The molecular weight excluding hydrogens is 432 g/mol. The van der Waals surface area contributed by atoms with Gasteiger partial charge in [-0.2, -0.15) is 0 Å². The molecule has 1 aliphatic rings. The molecule has 0 nitrogen and oxygen atoms in total. The van der Waals surface area contributed by atoms with Gasteiger partial charge in [0.15, 0.2) is 8.07 Å². The lowest BCUT2D eigenvalue weighted by molar-refractivity contribution is 1.67. The Balaban J connectivity index is 2.01. The summed E-state index contributed by atoms with van der Waals surface area (Å²) in [4.78, 5) is 0. The van der Waals surface area contributed by atoms with Gasteiger partial charge in [-0.3, -0.25) is 0 Å². The average Bonchev–Trinajstić information content (AvgIpc) is 3.00. The summed E-state index contributed by atoms with van der Waals surface area (Å²) in [6, 6.07) is 35.0. The third kappa shape index (κ3) is 2.41. The van der Waals surface area contributed by atoms with Crippen LogP contribution in [0.2, 0.25) is 5.02 Å². The predicted octanol–water partition coefficient (Wildman–Crippen LogP) is 4.46. The van der Waals surface area contributed by atoms with Gasteiger partial charge in [-0.1, -0.05) is 112 Å². The fourth-order valence-electron chi connectivity index (χ4n) is 4.48. The van der Waals surface area contributed by atoms with E-state index in [1.165, 1.54) is 31.9 Å². The summed E-state index contributed by atoms with van der Waals surface area (Å²) in [5.41, 5.74) is 2.46. The molecule has 0 N–H and O–H groups in total. The van der Waals surface area contributed by atoms with Gasteiger partial charge in [0.1, 0.15) is 0 Å². The summed E-state index contributed by atoms with van der Waals surface area (Å²) in [5, 5.41) is 6.36. The second kappa shape index (κ2) is 6.49. The zero-order valence-corrected chi connectivity index (χ0v) is 17.8. The lowest BCUT2D eigenvalue weighted by Crippen LogP contribution is -2.72. The number of rotatable bonds is 2. The number of benzene rings is 4.